The van der Waals surface area contributed by atoms with E-state index >= 15 is 0 Å². The molecule has 0 aliphatic rings. The van der Waals surface area contributed by atoms with Crippen LogP contribution in [0.25, 0.3) is 10.7 Å². The fourth-order valence-electron chi connectivity index (χ4n) is 2.30. The van der Waals surface area contributed by atoms with Gasteiger partial charge in [-0.2, -0.15) is 5.26 Å². The molecule has 20 heavy (non-hydrogen) atoms. The van der Waals surface area contributed by atoms with Gasteiger partial charge in [-0.1, -0.05) is 36.4 Å². The highest BCUT2D eigenvalue weighted by Crippen LogP contribution is 2.30. The predicted octanol–water partition coefficient (Wildman–Crippen LogP) is 4.11. The Bertz CT molecular complexity index is 708. The summed E-state index contributed by atoms with van der Waals surface area (Å²) < 4.78 is 2.09. The molecule has 0 fully saturated rings. The van der Waals surface area contributed by atoms with Crippen LogP contribution in [0, 0.1) is 11.3 Å². The maximum absolute atomic E-state index is 9.14. The smallest absolute Gasteiger partial charge is 0.150 e. The van der Waals surface area contributed by atoms with Crippen LogP contribution >= 0.6 is 11.3 Å². The van der Waals surface area contributed by atoms with E-state index in [1.165, 1.54) is 0 Å². The molecule has 2 aromatic heterocycles. The first kappa shape index (κ1) is 12.6. The number of aromatic nitrogens is 2. The summed E-state index contributed by atoms with van der Waals surface area (Å²) in [4.78, 5) is 5.57. The number of hydrogen-bond acceptors (Lipinski definition) is 3. The Balaban J connectivity index is 2.06. The number of nitrogens with zero attached hydrogens (tertiary/aromatic N) is 3. The van der Waals surface area contributed by atoms with Gasteiger partial charge in [0.1, 0.15) is 0 Å². The molecule has 0 saturated heterocycles. The first-order valence-corrected chi connectivity index (χ1v) is 7.26. The van der Waals surface area contributed by atoms with E-state index in [9.17, 15) is 0 Å². The molecular weight excluding hydrogens is 266 g/mol. The van der Waals surface area contributed by atoms with E-state index in [0.29, 0.717) is 6.42 Å². The van der Waals surface area contributed by atoms with Gasteiger partial charge in [-0.15, -0.1) is 11.3 Å². The lowest BCUT2D eigenvalue weighted by Gasteiger charge is -2.18. The highest BCUT2D eigenvalue weighted by atomic mass is 32.1. The summed E-state index contributed by atoms with van der Waals surface area (Å²) in [6, 6.07) is 16.5. The number of imidazole rings is 1. The van der Waals surface area contributed by atoms with Gasteiger partial charge in [-0.25, -0.2) is 4.98 Å². The van der Waals surface area contributed by atoms with Crippen molar-refractivity contribution in [3.05, 3.63) is 65.8 Å². The third-order valence-electron chi connectivity index (χ3n) is 3.21. The van der Waals surface area contributed by atoms with Gasteiger partial charge in [-0.3, -0.25) is 0 Å². The van der Waals surface area contributed by atoms with Gasteiger partial charge in [0.2, 0.25) is 0 Å². The molecule has 0 spiro atoms. The summed E-state index contributed by atoms with van der Waals surface area (Å²) in [5.41, 5.74) is 1.13. The van der Waals surface area contributed by atoms with Crippen molar-refractivity contribution in [1.29, 1.82) is 5.26 Å². The lowest BCUT2D eigenvalue weighted by molar-refractivity contribution is 0.603. The van der Waals surface area contributed by atoms with Crippen molar-refractivity contribution >= 4 is 11.3 Å². The van der Waals surface area contributed by atoms with Crippen molar-refractivity contribution in [2.45, 2.75) is 12.5 Å². The van der Waals surface area contributed by atoms with Crippen LogP contribution in [0.15, 0.2) is 60.2 Å². The molecule has 1 unspecified atom stereocenters. The molecule has 0 radical (unpaired) electrons. The predicted molar refractivity (Wildman–Crippen MR) is 80.4 cm³/mol. The average molecular weight is 279 g/mol. The summed E-state index contributed by atoms with van der Waals surface area (Å²) in [6.45, 7) is 0. The minimum atomic E-state index is 0.000741. The second-order valence-electron chi connectivity index (χ2n) is 4.42. The number of rotatable bonds is 4. The molecule has 0 bridgehead atoms. The Labute approximate surface area is 121 Å². The topological polar surface area (TPSA) is 41.6 Å². The second-order valence-corrected chi connectivity index (χ2v) is 5.37. The van der Waals surface area contributed by atoms with E-state index in [4.69, 9.17) is 5.26 Å². The Kier molecular flexibility index (Phi) is 3.62. The average Bonchev–Trinajstić information content (AvgIpc) is 3.16. The molecule has 1 aromatic carbocycles. The van der Waals surface area contributed by atoms with Crippen LogP contribution in [0.1, 0.15) is 18.0 Å². The zero-order valence-corrected chi connectivity index (χ0v) is 11.6. The van der Waals surface area contributed by atoms with Gasteiger partial charge in [0.15, 0.2) is 5.82 Å². The van der Waals surface area contributed by atoms with E-state index in [1.807, 2.05) is 35.8 Å². The maximum Gasteiger partial charge on any atom is 0.150 e. The summed E-state index contributed by atoms with van der Waals surface area (Å²) in [7, 11) is 0. The fraction of sp³-hybridized carbons (Fsp3) is 0.125. The lowest BCUT2D eigenvalue weighted by Crippen LogP contribution is -2.10. The molecule has 0 aliphatic carbocycles. The maximum atomic E-state index is 9.14. The van der Waals surface area contributed by atoms with Crippen LogP contribution in [-0.4, -0.2) is 9.55 Å². The van der Waals surface area contributed by atoms with Gasteiger partial charge in [-0.05, 0) is 17.0 Å². The minimum Gasteiger partial charge on any atom is -0.322 e. The molecule has 0 saturated carbocycles. The van der Waals surface area contributed by atoms with E-state index in [2.05, 4.69) is 33.8 Å². The van der Waals surface area contributed by atoms with Crippen LogP contribution in [0.3, 0.4) is 0 Å². The molecule has 98 valence electrons. The first-order chi connectivity index (χ1) is 9.90. The van der Waals surface area contributed by atoms with Gasteiger partial charge in [0, 0.05) is 12.4 Å². The summed E-state index contributed by atoms with van der Waals surface area (Å²) in [5, 5.41) is 11.2. The summed E-state index contributed by atoms with van der Waals surface area (Å²) >= 11 is 1.66. The van der Waals surface area contributed by atoms with Crippen molar-refractivity contribution in [3.63, 3.8) is 0 Å². The van der Waals surface area contributed by atoms with Crippen molar-refractivity contribution in [2.24, 2.45) is 0 Å². The van der Waals surface area contributed by atoms with Crippen molar-refractivity contribution < 1.29 is 0 Å². The Morgan fingerprint density at radius 1 is 1.20 bits per heavy atom. The monoisotopic (exact) mass is 279 g/mol. The van der Waals surface area contributed by atoms with E-state index in [-0.39, 0.29) is 6.04 Å². The number of benzene rings is 1. The normalized spacial score (nSPS) is 11.9. The Morgan fingerprint density at radius 3 is 2.75 bits per heavy atom. The molecule has 3 nitrogen and oxygen atoms in total. The van der Waals surface area contributed by atoms with Gasteiger partial charge in [0.05, 0.1) is 23.4 Å². The van der Waals surface area contributed by atoms with Crippen LogP contribution in [0.5, 0.6) is 0 Å². The molecule has 3 rings (SSSR count). The lowest BCUT2D eigenvalue weighted by atomic mass is 10.0. The fourth-order valence-corrected chi connectivity index (χ4v) is 3.02. The van der Waals surface area contributed by atoms with Gasteiger partial charge >= 0.3 is 0 Å². The highest BCUT2D eigenvalue weighted by molar-refractivity contribution is 7.13. The zero-order valence-electron chi connectivity index (χ0n) is 10.8. The number of hydrogen-bond donors (Lipinski definition) is 0. The van der Waals surface area contributed by atoms with Crippen molar-refractivity contribution in [2.75, 3.05) is 0 Å². The Hall–Kier alpha value is -2.38. The van der Waals surface area contributed by atoms with E-state index in [1.54, 1.807) is 17.5 Å². The van der Waals surface area contributed by atoms with Crippen molar-refractivity contribution in [3.8, 4) is 16.8 Å². The van der Waals surface area contributed by atoms with Gasteiger partial charge < -0.3 is 4.57 Å². The molecule has 3 aromatic rings. The molecular formula is C16H13N3S. The number of thiophene rings is 1. The molecule has 1 atom stereocenters. The second kappa shape index (κ2) is 5.72. The minimum absolute atomic E-state index is 0.000741. The Morgan fingerprint density at radius 2 is 2.05 bits per heavy atom. The molecule has 0 amide bonds. The SMILES string of the molecule is N#CCC(c1ccccc1)n1ccnc1-c1cccs1. The number of nitriles is 1. The highest BCUT2D eigenvalue weighted by Gasteiger charge is 2.17. The van der Waals surface area contributed by atoms with Crippen molar-refractivity contribution in [1.82, 2.24) is 9.55 Å². The first-order valence-electron chi connectivity index (χ1n) is 6.39. The van der Waals surface area contributed by atoms with E-state index < -0.39 is 0 Å². The third kappa shape index (κ3) is 2.36. The standard InChI is InChI=1S/C16H13N3S/c17-9-8-14(13-5-2-1-3-6-13)19-11-10-18-16(19)15-7-4-12-20-15/h1-7,10-12,14H,8H2. The van der Waals surface area contributed by atoms with Crippen LogP contribution in [-0.2, 0) is 0 Å². The quantitative estimate of drug-likeness (QED) is 0.721. The molecule has 0 N–H and O–H groups in total. The molecule has 4 heteroatoms. The van der Waals surface area contributed by atoms with E-state index in [0.717, 1.165) is 16.3 Å². The van der Waals surface area contributed by atoms with Gasteiger partial charge in [0.25, 0.3) is 0 Å². The van der Waals surface area contributed by atoms with Crippen LogP contribution in [0.2, 0.25) is 0 Å². The zero-order chi connectivity index (χ0) is 13.8. The van der Waals surface area contributed by atoms with Crippen LogP contribution < -0.4 is 0 Å². The summed E-state index contributed by atoms with van der Waals surface area (Å²) in [6.07, 6.45) is 4.17. The largest absolute Gasteiger partial charge is 0.322 e. The summed E-state index contributed by atoms with van der Waals surface area (Å²) in [5.74, 6) is 0.920. The third-order valence-corrected chi connectivity index (χ3v) is 4.08. The molecule has 2 heterocycles. The molecule has 0 aliphatic heterocycles. The van der Waals surface area contributed by atoms with Crippen LogP contribution in [0.4, 0.5) is 0 Å².